The second-order valence-electron chi connectivity index (χ2n) is 2.77. The summed E-state index contributed by atoms with van der Waals surface area (Å²) in [5.74, 6) is 0.836. The van der Waals surface area contributed by atoms with Crippen LogP contribution in [0.1, 0.15) is 5.82 Å². The topological polar surface area (TPSA) is 39.3 Å². The van der Waals surface area contributed by atoms with Crippen LogP contribution in [0.3, 0.4) is 0 Å². The Morgan fingerprint density at radius 3 is 2.92 bits per heavy atom. The predicted molar refractivity (Wildman–Crippen MR) is 45.2 cm³/mol. The van der Waals surface area contributed by atoms with Gasteiger partial charge in [-0.2, -0.15) is 0 Å². The molecule has 0 fully saturated rings. The average molecular weight is 163 g/mol. The lowest BCUT2D eigenvalue weighted by Gasteiger charge is -1.98. The molecule has 2 aromatic rings. The molecule has 0 bridgehead atoms. The smallest absolute Gasteiger partial charge is 0.276 e. The van der Waals surface area contributed by atoms with Gasteiger partial charge in [-0.1, -0.05) is 0 Å². The molecule has 2 rings (SSSR count). The highest BCUT2D eigenvalue weighted by Gasteiger charge is 2.02. The van der Waals surface area contributed by atoms with Gasteiger partial charge in [-0.05, 0) is 6.92 Å². The van der Waals surface area contributed by atoms with Gasteiger partial charge in [0.05, 0.1) is 6.20 Å². The van der Waals surface area contributed by atoms with Crippen LogP contribution in [0.2, 0.25) is 0 Å². The summed E-state index contributed by atoms with van der Waals surface area (Å²) in [7, 11) is 1.73. The van der Waals surface area contributed by atoms with E-state index in [1.165, 1.54) is 4.57 Å². The van der Waals surface area contributed by atoms with Crippen LogP contribution in [-0.2, 0) is 7.05 Å². The molecule has 0 saturated heterocycles. The Labute approximate surface area is 69.1 Å². The highest BCUT2D eigenvalue weighted by atomic mass is 16.1. The first-order chi connectivity index (χ1) is 5.70. The molecule has 2 heterocycles. The minimum Gasteiger partial charge on any atom is -0.315 e. The van der Waals surface area contributed by atoms with Crippen molar-refractivity contribution in [3.63, 3.8) is 0 Å². The molecule has 0 atom stereocenters. The maximum atomic E-state index is 11.4. The quantitative estimate of drug-likeness (QED) is 0.562. The summed E-state index contributed by atoms with van der Waals surface area (Å²) in [5, 5.41) is 0. The van der Waals surface area contributed by atoms with Crippen LogP contribution < -0.4 is 5.56 Å². The third kappa shape index (κ3) is 0.777. The fourth-order valence-electron chi connectivity index (χ4n) is 1.21. The molecule has 0 aliphatic rings. The van der Waals surface area contributed by atoms with Crippen molar-refractivity contribution >= 4 is 5.52 Å². The maximum absolute atomic E-state index is 11.4. The van der Waals surface area contributed by atoms with E-state index in [1.807, 2.05) is 13.1 Å². The zero-order valence-electron chi connectivity index (χ0n) is 6.98. The van der Waals surface area contributed by atoms with Gasteiger partial charge in [0.25, 0.3) is 5.56 Å². The van der Waals surface area contributed by atoms with E-state index >= 15 is 0 Å². The molecule has 62 valence electrons. The van der Waals surface area contributed by atoms with Crippen molar-refractivity contribution < 1.29 is 0 Å². The fourth-order valence-corrected chi connectivity index (χ4v) is 1.21. The number of hydrogen-bond donors (Lipinski definition) is 0. The third-order valence-electron chi connectivity index (χ3n) is 1.96. The van der Waals surface area contributed by atoms with Crippen LogP contribution in [0.4, 0.5) is 0 Å². The molecular formula is C8H9N3O. The van der Waals surface area contributed by atoms with E-state index < -0.39 is 0 Å². The maximum Gasteiger partial charge on any atom is 0.276 e. The van der Waals surface area contributed by atoms with Crippen molar-refractivity contribution in [3.05, 3.63) is 34.8 Å². The Balaban J connectivity index is 3.03. The van der Waals surface area contributed by atoms with Crippen molar-refractivity contribution in [1.29, 1.82) is 0 Å². The molecule has 2 aromatic heterocycles. The van der Waals surface area contributed by atoms with Gasteiger partial charge in [-0.15, -0.1) is 0 Å². The number of rotatable bonds is 0. The van der Waals surface area contributed by atoms with Gasteiger partial charge in [0.15, 0.2) is 0 Å². The second-order valence-corrected chi connectivity index (χ2v) is 2.77. The molecule has 0 amide bonds. The van der Waals surface area contributed by atoms with E-state index in [-0.39, 0.29) is 5.56 Å². The highest BCUT2D eigenvalue weighted by Crippen LogP contribution is 1.98. The first-order valence-corrected chi connectivity index (χ1v) is 3.69. The molecule has 0 N–H and O–H groups in total. The first kappa shape index (κ1) is 7.09. The normalized spacial score (nSPS) is 10.8. The van der Waals surface area contributed by atoms with E-state index in [0.29, 0.717) is 5.52 Å². The molecule has 0 aliphatic heterocycles. The standard InChI is InChI=1S/C8H9N3O/c1-6-9-5-7-8(12)10(2)3-4-11(6)7/h3-5H,1-2H3. The first-order valence-electron chi connectivity index (χ1n) is 3.69. The van der Waals surface area contributed by atoms with E-state index in [2.05, 4.69) is 4.98 Å². The monoisotopic (exact) mass is 163 g/mol. The molecule has 4 heteroatoms. The van der Waals surface area contributed by atoms with Gasteiger partial charge < -0.3 is 4.57 Å². The number of hydrogen-bond acceptors (Lipinski definition) is 2. The van der Waals surface area contributed by atoms with Crippen molar-refractivity contribution in [2.75, 3.05) is 0 Å². The zero-order valence-corrected chi connectivity index (χ0v) is 6.98. The van der Waals surface area contributed by atoms with Gasteiger partial charge in [0.1, 0.15) is 11.3 Å². The van der Waals surface area contributed by atoms with Gasteiger partial charge >= 0.3 is 0 Å². The summed E-state index contributed by atoms with van der Waals surface area (Å²) in [4.78, 5) is 15.5. The van der Waals surface area contributed by atoms with Crippen LogP contribution in [0, 0.1) is 6.92 Å². The Morgan fingerprint density at radius 2 is 2.17 bits per heavy atom. The van der Waals surface area contributed by atoms with Crippen LogP contribution in [0.15, 0.2) is 23.4 Å². The number of aryl methyl sites for hydroxylation is 2. The number of fused-ring (bicyclic) bond motifs is 1. The Bertz CT molecular complexity index is 480. The lowest BCUT2D eigenvalue weighted by Crippen LogP contribution is -2.17. The highest BCUT2D eigenvalue weighted by molar-refractivity contribution is 5.43. The fraction of sp³-hybridized carbons (Fsp3) is 0.250. The molecule has 0 spiro atoms. The third-order valence-corrected chi connectivity index (χ3v) is 1.96. The molecule has 0 unspecified atom stereocenters. The average Bonchev–Trinajstić information content (AvgIpc) is 2.41. The predicted octanol–water partition coefficient (Wildman–Crippen LogP) is 0.341. The van der Waals surface area contributed by atoms with Crippen LogP contribution in [0.25, 0.3) is 5.52 Å². The Kier molecular flexibility index (Phi) is 1.30. The van der Waals surface area contributed by atoms with E-state index in [9.17, 15) is 4.79 Å². The summed E-state index contributed by atoms with van der Waals surface area (Å²) in [6, 6.07) is 0. The molecule has 0 aromatic carbocycles. The Morgan fingerprint density at radius 1 is 1.42 bits per heavy atom. The van der Waals surface area contributed by atoms with Crippen LogP contribution >= 0.6 is 0 Å². The van der Waals surface area contributed by atoms with Crippen molar-refractivity contribution in [1.82, 2.24) is 14.0 Å². The largest absolute Gasteiger partial charge is 0.315 e. The minimum absolute atomic E-state index is 0.0156. The summed E-state index contributed by atoms with van der Waals surface area (Å²) in [6.45, 7) is 1.87. The number of imidazole rings is 1. The lowest BCUT2D eigenvalue weighted by atomic mass is 10.5. The molecule has 12 heavy (non-hydrogen) atoms. The lowest BCUT2D eigenvalue weighted by molar-refractivity contribution is 0.840. The van der Waals surface area contributed by atoms with E-state index in [0.717, 1.165) is 5.82 Å². The number of nitrogens with zero attached hydrogens (tertiary/aromatic N) is 3. The molecule has 0 saturated carbocycles. The van der Waals surface area contributed by atoms with Gasteiger partial charge in [-0.3, -0.25) is 9.20 Å². The van der Waals surface area contributed by atoms with Crippen molar-refractivity contribution in [2.45, 2.75) is 6.92 Å². The SMILES string of the molecule is Cc1ncc2c(=O)n(C)ccn12. The van der Waals surface area contributed by atoms with E-state index in [1.54, 1.807) is 23.8 Å². The minimum atomic E-state index is -0.0156. The van der Waals surface area contributed by atoms with Gasteiger partial charge in [0, 0.05) is 19.4 Å². The van der Waals surface area contributed by atoms with E-state index in [4.69, 9.17) is 0 Å². The summed E-state index contributed by atoms with van der Waals surface area (Å²) >= 11 is 0. The molecular weight excluding hydrogens is 154 g/mol. The zero-order chi connectivity index (χ0) is 8.72. The summed E-state index contributed by atoms with van der Waals surface area (Å²) in [6.07, 6.45) is 5.15. The van der Waals surface area contributed by atoms with Crippen molar-refractivity contribution in [2.24, 2.45) is 7.05 Å². The van der Waals surface area contributed by atoms with Crippen LogP contribution in [-0.4, -0.2) is 14.0 Å². The van der Waals surface area contributed by atoms with Crippen molar-refractivity contribution in [3.8, 4) is 0 Å². The molecule has 0 radical (unpaired) electrons. The van der Waals surface area contributed by atoms with Gasteiger partial charge in [-0.25, -0.2) is 4.98 Å². The number of aromatic nitrogens is 3. The van der Waals surface area contributed by atoms with Crippen LogP contribution in [0.5, 0.6) is 0 Å². The second kappa shape index (κ2) is 2.20. The Hall–Kier alpha value is -1.58. The summed E-state index contributed by atoms with van der Waals surface area (Å²) < 4.78 is 3.32. The summed E-state index contributed by atoms with van der Waals surface area (Å²) in [5.41, 5.74) is 0.607. The van der Waals surface area contributed by atoms with Gasteiger partial charge in [0.2, 0.25) is 0 Å². The molecule has 4 nitrogen and oxygen atoms in total. The molecule has 0 aliphatic carbocycles.